The van der Waals surface area contributed by atoms with Crippen LogP contribution in [0.3, 0.4) is 0 Å². The molecule has 4 nitrogen and oxygen atoms in total. The number of carboxylic acid groups (broad SMARTS) is 1. The first kappa shape index (κ1) is 20.7. The molecular weight excluding hydrogens is 288 g/mol. The molecule has 1 fully saturated rings. The Morgan fingerprint density at radius 1 is 1.33 bits per heavy atom. The molecule has 1 N–H and O–H groups in total. The van der Waals surface area contributed by atoms with Crippen LogP contribution in [0.1, 0.15) is 52.9 Å². The number of likely N-dealkylation sites (tertiary alicyclic amines) is 1. The third kappa shape index (κ3) is 8.03. The van der Waals surface area contributed by atoms with Gasteiger partial charge in [-0.15, -0.1) is 12.4 Å². The van der Waals surface area contributed by atoms with Crippen molar-refractivity contribution < 1.29 is 9.90 Å². The molecule has 0 bridgehead atoms. The summed E-state index contributed by atoms with van der Waals surface area (Å²) in [5.74, 6) is -0.724. The van der Waals surface area contributed by atoms with Crippen LogP contribution in [0, 0.1) is 5.41 Å². The van der Waals surface area contributed by atoms with Crippen molar-refractivity contribution in [1.29, 1.82) is 0 Å². The fraction of sp³-hybridized carbons (Fsp3) is 0.938. The topological polar surface area (TPSA) is 43.8 Å². The Balaban J connectivity index is 0.00000400. The maximum Gasteiger partial charge on any atom is 0.317 e. The second-order valence-electron chi connectivity index (χ2n) is 7.00. The molecule has 0 aliphatic carbocycles. The Kier molecular flexibility index (Phi) is 9.50. The van der Waals surface area contributed by atoms with Gasteiger partial charge < -0.3 is 10.0 Å². The Hall–Kier alpha value is -0.320. The number of halogens is 1. The molecule has 5 heteroatoms. The smallest absolute Gasteiger partial charge is 0.317 e. The zero-order valence-corrected chi connectivity index (χ0v) is 14.9. The molecule has 0 aromatic rings. The summed E-state index contributed by atoms with van der Waals surface area (Å²) in [5.41, 5.74) is 0.436. The molecule has 126 valence electrons. The summed E-state index contributed by atoms with van der Waals surface area (Å²) in [6, 6.07) is 0.426. The predicted octanol–water partition coefficient (Wildman–Crippen LogP) is 3.11. The number of carbonyl (C=O) groups is 1. The van der Waals surface area contributed by atoms with Crippen LogP contribution >= 0.6 is 12.4 Å². The largest absolute Gasteiger partial charge is 0.480 e. The molecule has 1 rings (SSSR count). The molecule has 1 aliphatic rings. The maximum atomic E-state index is 10.8. The third-order valence-corrected chi connectivity index (χ3v) is 4.86. The summed E-state index contributed by atoms with van der Waals surface area (Å²) >= 11 is 0. The van der Waals surface area contributed by atoms with E-state index in [1.165, 1.54) is 25.8 Å². The molecule has 0 amide bonds. The van der Waals surface area contributed by atoms with Gasteiger partial charge in [0.05, 0.1) is 6.54 Å². The molecule has 0 saturated carbocycles. The van der Waals surface area contributed by atoms with Gasteiger partial charge in [0.25, 0.3) is 0 Å². The normalized spacial score (nSPS) is 20.9. The van der Waals surface area contributed by atoms with Gasteiger partial charge in [-0.05, 0) is 57.8 Å². The summed E-state index contributed by atoms with van der Waals surface area (Å²) in [6.07, 6.45) is 5.87. The van der Waals surface area contributed by atoms with E-state index >= 15 is 0 Å². The molecule has 1 saturated heterocycles. The molecule has 1 heterocycles. The van der Waals surface area contributed by atoms with E-state index in [1.807, 2.05) is 11.9 Å². The van der Waals surface area contributed by atoms with Crippen molar-refractivity contribution in [1.82, 2.24) is 9.80 Å². The Morgan fingerprint density at radius 2 is 2.00 bits per heavy atom. The van der Waals surface area contributed by atoms with E-state index in [9.17, 15) is 4.79 Å². The summed E-state index contributed by atoms with van der Waals surface area (Å²) < 4.78 is 0. The van der Waals surface area contributed by atoms with Crippen molar-refractivity contribution >= 4 is 18.4 Å². The molecule has 1 atom stereocenters. The summed E-state index contributed by atoms with van der Waals surface area (Å²) in [5, 5.41) is 8.89. The second-order valence-corrected chi connectivity index (χ2v) is 7.00. The van der Waals surface area contributed by atoms with Crippen LogP contribution in [-0.2, 0) is 4.79 Å². The van der Waals surface area contributed by atoms with Crippen LogP contribution in [0.5, 0.6) is 0 Å². The van der Waals surface area contributed by atoms with Gasteiger partial charge in [0.2, 0.25) is 0 Å². The minimum absolute atomic E-state index is 0. The fourth-order valence-corrected chi connectivity index (χ4v) is 2.78. The van der Waals surface area contributed by atoms with Crippen molar-refractivity contribution in [3.05, 3.63) is 0 Å². The third-order valence-electron chi connectivity index (χ3n) is 4.86. The van der Waals surface area contributed by atoms with Crippen LogP contribution < -0.4 is 0 Å². The van der Waals surface area contributed by atoms with E-state index in [-0.39, 0.29) is 19.0 Å². The second kappa shape index (κ2) is 9.65. The van der Waals surface area contributed by atoms with Gasteiger partial charge in [0, 0.05) is 6.04 Å². The fourth-order valence-electron chi connectivity index (χ4n) is 2.78. The summed E-state index contributed by atoms with van der Waals surface area (Å²) in [7, 11) is 1.94. The Labute approximate surface area is 136 Å². The number of carboxylic acids is 1. The molecule has 1 aliphatic heterocycles. The molecule has 21 heavy (non-hydrogen) atoms. The van der Waals surface area contributed by atoms with Crippen LogP contribution in [0.2, 0.25) is 0 Å². The highest BCUT2D eigenvalue weighted by Crippen LogP contribution is 2.25. The van der Waals surface area contributed by atoms with Gasteiger partial charge in [0.15, 0.2) is 0 Å². The van der Waals surface area contributed by atoms with Crippen LogP contribution in [0.4, 0.5) is 0 Å². The molecular formula is C16H33ClN2O2. The van der Waals surface area contributed by atoms with Crippen LogP contribution in [0.15, 0.2) is 0 Å². The van der Waals surface area contributed by atoms with Crippen molar-refractivity contribution in [2.75, 3.05) is 33.2 Å². The van der Waals surface area contributed by atoms with Gasteiger partial charge in [-0.1, -0.05) is 27.2 Å². The number of likely N-dealkylation sites (N-methyl/N-ethyl adjacent to an activating group) is 1. The monoisotopic (exact) mass is 320 g/mol. The highest BCUT2D eigenvalue weighted by molar-refractivity contribution is 5.85. The highest BCUT2D eigenvalue weighted by atomic mass is 35.5. The number of nitrogens with zero attached hydrogens (tertiary/aromatic N) is 2. The zero-order valence-electron chi connectivity index (χ0n) is 14.1. The molecule has 0 aromatic heterocycles. The lowest BCUT2D eigenvalue weighted by molar-refractivity contribution is -0.138. The van der Waals surface area contributed by atoms with E-state index in [1.54, 1.807) is 0 Å². The summed E-state index contributed by atoms with van der Waals surface area (Å²) in [4.78, 5) is 15.4. The van der Waals surface area contributed by atoms with E-state index < -0.39 is 5.97 Å². The van der Waals surface area contributed by atoms with Gasteiger partial charge >= 0.3 is 5.97 Å². The maximum absolute atomic E-state index is 10.8. The van der Waals surface area contributed by atoms with E-state index in [0.29, 0.717) is 11.5 Å². The molecule has 0 radical (unpaired) electrons. The molecule has 0 spiro atoms. The predicted molar refractivity (Wildman–Crippen MR) is 90.3 cm³/mol. The van der Waals surface area contributed by atoms with E-state index in [4.69, 9.17) is 5.11 Å². The highest BCUT2D eigenvalue weighted by Gasteiger charge is 2.23. The van der Waals surface area contributed by atoms with Crippen LogP contribution in [0.25, 0.3) is 0 Å². The van der Waals surface area contributed by atoms with E-state index in [0.717, 1.165) is 25.9 Å². The summed E-state index contributed by atoms with van der Waals surface area (Å²) in [6.45, 7) is 10.6. The lowest BCUT2D eigenvalue weighted by Gasteiger charge is -2.28. The van der Waals surface area contributed by atoms with Crippen molar-refractivity contribution in [2.24, 2.45) is 5.41 Å². The number of rotatable bonds is 7. The van der Waals surface area contributed by atoms with Crippen LogP contribution in [-0.4, -0.2) is 60.1 Å². The quantitative estimate of drug-likeness (QED) is 0.783. The van der Waals surface area contributed by atoms with Crippen molar-refractivity contribution in [3.63, 3.8) is 0 Å². The average molecular weight is 321 g/mol. The minimum Gasteiger partial charge on any atom is -0.480 e. The van der Waals surface area contributed by atoms with Gasteiger partial charge in [-0.25, -0.2) is 0 Å². The standard InChI is InChI=1S/C16H32N2O2.ClH/c1-5-16(2,3)9-12-18-10-6-7-14(8-11-18)17(4)13-15(19)20;/h14H,5-13H2,1-4H3,(H,19,20);1H. The minimum atomic E-state index is -0.724. The first-order chi connectivity index (χ1) is 9.34. The first-order valence-electron chi connectivity index (χ1n) is 7.98. The molecule has 1 unspecified atom stereocenters. The number of aliphatic carboxylic acids is 1. The molecule has 0 aromatic carbocycles. The van der Waals surface area contributed by atoms with E-state index in [2.05, 4.69) is 25.7 Å². The lowest BCUT2D eigenvalue weighted by Crippen LogP contribution is -2.37. The zero-order chi connectivity index (χ0) is 15.2. The lowest BCUT2D eigenvalue weighted by atomic mass is 9.86. The van der Waals surface area contributed by atoms with Gasteiger partial charge in [-0.2, -0.15) is 0 Å². The Bertz CT molecular complexity index is 311. The van der Waals surface area contributed by atoms with Gasteiger partial charge in [0.1, 0.15) is 0 Å². The number of hydrogen-bond donors (Lipinski definition) is 1. The average Bonchev–Trinajstić information content (AvgIpc) is 2.61. The Morgan fingerprint density at radius 3 is 2.57 bits per heavy atom. The number of hydrogen-bond acceptors (Lipinski definition) is 3. The van der Waals surface area contributed by atoms with Crippen molar-refractivity contribution in [3.8, 4) is 0 Å². The SMILES string of the molecule is CCC(C)(C)CCN1CCCC(N(C)CC(=O)O)CC1.Cl. The van der Waals surface area contributed by atoms with Gasteiger partial charge in [-0.3, -0.25) is 9.69 Å². The first-order valence-corrected chi connectivity index (χ1v) is 7.98. The van der Waals surface area contributed by atoms with Crippen molar-refractivity contribution in [2.45, 2.75) is 58.9 Å².